The van der Waals surface area contributed by atoms with E-state index in [2.05, 4.69) is 43.4 Å². The average Bonchev–Trinajstić information content (AvgIpc) is 2.46. The van der Waals surface area contributed by atoms with Crippen molar-refractivity contribution < 1.29 is 5.11 Å². The minimum Gasteiger partial charge on any atom is -0.374 e. The highest BCUT2D eigenvalue weighted by Gasteiger charge is 2.05. The minimum absolute atomic E-state index is 0.558. The second-order valence-electron chi connectivity index (χ2n) is 5.09. The molecule has 1 atom stereocenters. The van der Waals surface area contributed by atoms with E-state index in [0.29, 0.717) is 5.92 Å². The molecule has 0 aliphatic rings. The summed E-state index contributed by atoms with van der Waals surface area (Å²) in [6.45, 7) is 4.39. The van der Waals surface area contributed by atoms with Gasteiger partial charge in [0.1, 0.15) is 6.23 Å². The number of aliphatic hydroxyl groups excluding tert-OH is 1. The van der Waals surface area contributed by atoms with Gasteiger partial charge in [-0.05, 0) is 35.2 Å². The highest BCUT2D eigenvalue weighted by Crippen LogP contribution is 2.23. The molecule has 0 amide bonds. The maximum atomic E-state index is 9.68. The molecule has 0 heterocycles. The standard InChI is InChI=1S/C17H21NO/c1-12(2)13-4-6-14(7-5-13)15-8-10-16(11-9-15)17(19)18-3/h4-12,17-19H,1-3H3. The van der Waals surface area contributed by atoms with E-state index in [0.717, 1.165) is 5.56 Å². The third-order valence-corrected chi connectivity index (χ3v) is 3.41. The third-order valence-electron chi connectivity index (χ3n) is 3.41. The zero-order valence-electron chi connectivity index (χ0n) is 11.7. The van der Waals surface area contributed by atoms with Crippen LogP contribution in [0.25, 0.3) is 11.1 Å². The fourth-order valence-electron chi connectivity index (χ4n) is 2.08. The quantitative estimate of drug-likeness (QED) is 0.817. The van der Waals surface area contributed by atoms with Crippen molar-refractivity contribution in [3.05, 3.63) is 59.7 Å². The Kier molecular flexibility index (Phi) is 4.35. The van der Waals surface area contributed by atoms with Gasteiger partial charge in [-0.1, -0.05) is 62.4 Å². The van der Waals surface area contributed by atoms with E-state index in [1.54, 1.807) is 7.05 Å². The predicted octanol–water partition coefficient (Wildman–Crippen LogP) is 3.69. The fourth-order valence-corrected chi connectivity index (χ4v) is 2.08. The average molecular weight is 255 g/mol. The number of nitrogens with one attached hydrogen (secondary N) is 1. The van der Waals surface area contributed by atoms with Crippen molar-refractivity contribution >= 4 is 0 Å². The Labute approximate surface area is 115 Å². The van der Waals surface area contributed by atoms with Gasteiger partial charge in [-0.3, -0.25) is 5.32 Å². The predicted molar refractivity (Wildman–Crippen MR) is 80.0 cm³/mol. The monoisotopic (exact) mass is 255 g/mol. The van der Waals surface area contributed by atoms with E-state index in [9.17, 15) is 5.11 Å². The molecule has 0 aromatic heterocycles. The van der Waals surface area contributed by atoms with Gasteiger partial charge >= 0.3 is 0 Å². The van der Waals surface area contributed by atoms with Gasteiger partial charge in [-0.2, -0.15) is 0 Å². The van der Waals surface area contributed by atoms with Gasteiger partial charge in [-0.15, -0.1) is 0 Å². The lowest BCUT2D eigenvalue weighted by Crippen LogP contribution is -2.14. The van der Waals surface area contributed by atoms with Gasteiger partial charge < -0.3 is 5.11 Å². The SMILES string of the molecule is CNC(O)c1ccc(-c2ccc(C(C)C)cc2)cc1. The summed E-state index contributed by atoms with van der Waals surface area (Å²) in [4.78, 5) is 0. The van der Waals surface area contributed by atoms with Crippen LogP contribution in [0.2, 0.25) is 0 Å². The molecule has 0 fully saturated rings. The van der Waals surface area contributed by atoms with Gasteiger partial charge in [-0.25, -0.2) is 0 Å². The lowest BCUT2D eigenvalue weighted by Gasteiger charge is -2.11. The molecule has 2 heteroatoms. The highest BCUT2D eigenvalue weighted by molar-refractivity contribution is 5.64. The van der Waals surface area contributed by atoms with Gasteiger partial charge in [0.2, 0.25) is 0 Å². The van der Waals surface area contributed by atoms with E-state index < -0.39 is 6.23 Å². The molecule has 2 aromatic rings. The van der Waals surface area contributed by atoms with Crippen molar-refractivity contribution in [3.8, 4) is 11.1 Å². The number of hydrogen-bond acceptors (Lipinski definition) is 2. The molecule has 0 radical (unpaired) electrons. The Morgan fingerprint density at radius 1 is 0.789 bits per heavy atom. The summed E-state index contributed by atoms with van der Waals surface area (Å²) in [6, 6.07) is 16.6. The molecule has 2 rings (SSSR count). The normalized spacial score (nSPS) is 12.7. The highest BCUT2D eigenvalue weighted by atomic mass is 16.3. The van der Waals surface area contributed by atoms with Crippen LogP contribution in [-0.4, -0.2) is 12.2 Å². The molecule has 0 saturated heterocycles. The first kappa shape index (κ1) is 13.8. The van der Waals surface area contributed by atoms with E-state index in [4.69, 9.17) is 0 Å². The molecule has 19 heavy (non-hydrogen) atoms. The Morgan fingerprint density at radius 3 is 1.58 bits per heavy atom. The van der Waals surface area contributed by atoms with Crippen LogP contribution in [0.4, 0.5) is 0 Å². The van der Waals surface area contributed by atoms with Gasteiger partial charge in [0, 0.05) is 0 Å². The van der Waals surface area contributed by atoms with Crippen molar-refractivity contribution in [2.45, 2.75) is 26.0 Å². The van der Waals surface area contributed by atoms with Crippen LogP contribution in [0.15, 0.2) is 48.5 Å². The summed E-state index contributed by atoms with van der Waals surface area (Å²) in [5.41, 5.74) is 4.60. The zero-order chi connectivity index (χ0) is 13.8. The summed E-state index contributed by atoms with van der Waals surface area (Å²) < 4.78 is 0. The lowest BCUT2D eigenvalue weighted by molar-refractivity contribution is 0.149. The number of hydrogen-bond donors (Lipinski definition) is 2. The van der Waals surface area contributed by atoms with Crippen molar-refractivity contribution in [2.24, 2.45) is 0 Å². The lowest BCUT2D eigenvalue weighted by atomic mass is 9.98. The van der Waals surface area contributed by atoms with E-state index in [1.807, 2.05) is 24.3 Å². The second-order valence-corrected chi connectivity index (χ2v) is 5.09. The molecule has 100 valence electrons. The van der Waals surface area contributed by atoms with Gasteiger partial charge in [0.15, 0.2) is 0 Å². The van der Waals surface area contributed by atoms with E-state index in [-0.39, 0.29) is 0 Å². The smallest absolute Gasteiger partial charge is 0.130 e. The molecule has 0 saturated carbocycles. The Morgan fingerprint density at radius 2 is 1.21 bits per heavy atom. The van der Waals surface area contributed by atoms with Crippen molar-refractivity contribution in [3.63, 3.8) is 0 Å². The molecular formula is C17H21NO. The largest absolute Gasteiger partial charge is 0.374 e. The van der Waals surface area contributed by atoms with Crippen LogP contribution in [0.3, 0.4) is 0 Å². The number of rotatable bonds is 4. The molecule has 2 N–H and O–H groups in total. The van der Waals surface area contributed by atoms with Crippen LogP contribution < -0.4 is 5.32 Å². The first-order valence-electron chi connectivity index (χ1n) is 6.67. The van der Waals surface area contributed by atoms with Gasteiger partial charge in [0.25, 0.3) is 0 Å². The third kappa shape index (κ3) is 3.22. The molecule has 0 aliphatic heterocycles. The van der Waals surface area contributed by atoms with Crippen LogP contribution in [0.5, 0.6) is 0 Å². The summed E-state index contributed by atoms with van der Waals surface area (Å²) in [7, 11) is 1.74. The minimum atomic E-state index is -0.600. The molecule has 0 bridgehead atoms. The van der Waals surface area contributed by atoms with Gasteiger partial charge in [0.05, 0.1) is 0 Å². The summed E-state index contributed by atoms with van der Waals surface area (Å²) in [6.07, 6.45) is -0.600. The Balaban J connectivity index is 2.22. The summed E-state index contributed by atoms with van der Waals surface area (Å²) >= 11 is 0. The van der Waals surface area contributed by atoms with Crippen LogP contribution in [0.1, 0.15) is 37.1 Å². The second kappa shape index (κ2) is 6.00. The molecule has 0 spiro atoms. The maximum absolute atomic E-state index is 9.68. The summed E-state index contributed by atoms with van der Waals surface area (Å²) in [5, 5.41) is 12.5. The molecule has 2 nitrogen and oxygen atoms in total. The Bertz CT molecular complexity index is 514. The Hall–Kier alpha value is -1.64. The fraction of sp³-hybridized carbons (Fsp3) is 0.294. The zero-order valence-corrected chi connectivity index (χ0v) is 11.7. The van der Waals surface area contributed by atoms with E-state index in [1.165, 1.54) is 16.7 Å². The van der Waals surface area contributed by atoms with Crippen LogP contribution >= 0.6 is 0 Å². The van der Waals surface area contributed by atoms with E-state index >= 15 is 0 Å². The van der Waals surface area contributed by atoms with Crippen LogP contribution in [-0.2, 0) is 0 Å². The summed E-state index contributed by atoms with van der Waals surface area (Å²) in [5.74, 6) is 0.558. The number of aliphatic hydroxyl groups is 1. The first-order valence-corrected chi connectivity index (χ1v) is 6.67. The molecule has 1 unspecified atom stereocenters. The topological polar surface area (TPSA) is 32.3 Å². The number of benzene rings is 2. The van der Waals surface area contributed by atoms with Crippen LogP contribution in [0, 0.1) is 0 Å². The van der Waals surface area contributed by atoms with Crippen molar-refractivity contribution in [2.75, 3.05) is 7.05 Å². The first-order chi connectivity index (χ1) is 9.11. The van der Waals surface area contributed by atoms with Crippen molar-refractivity contribution in [1.82, 2.24) is 5.32 Å². The maximum Gasteiger partial charge on any atom is 0.130 e. The molecule has 0 aliphatic carbocycles. The van der Waals surface area contributed by atoms with Crippen molar-refractivity contribution in [1.29, 1.82) is 0 Å². The molecular weight excluding hydrogens is 234 g/mol. The molecule has 2 aromatic carbocycles.